The summed E-state index contributed by atoms with van der Waals surface area (Å²) in [6.45, 7) is 6.37. The number of ether oxygens (including phenoxy) is 1. The van der Waals surface area contributed by atoms with Crippen LogP contribution in [0.25, 0.3) is 0 Å². The van der Waals surface area contributed by atoms with Crippen LogP contribution in [0.2, 0.25) is 0 Å². The molecule has 0 spiro atoms. The minimum atomic E-state index is -0.823. The maximum Gasteiger partial charge on any atom is 0.311 e. The van der Waals surface area contributed by atoms with Crippen LogP contribution in [-0.4, -0.2) is 35.0 Å². The quantitative estimate of drug-likeness (QED) is 0.227. The first-order valence-electron chi connectivity index (χ1n) is 11.3. The molecule has 0 saturated carbocycles. The van der Waals surface area contributed by atoms with Gasteiger partial charge in [0.1, 0.15) is 5.60 Å². The monoisotopic (exact) mass is 406 g/mol. The molecule has 1 rings (SSSR count). The van der Waals surface area contributed by atoms with Gasteiger partial charge in [0.2, 0.25) is 0 Å². The van der Waals surface area contributed by atoms with Gasteiger partial charge in [-0.2, -0.15) is 0 Å². The van der Waals surface area contributed by atoms with Crippen molar-refractivity contribution in [2.45, 2.75) is 90.6 Å². The lowest BCUT2D eigenvalue weighted by Gasteiger charge is -2.25. The molecule has 4 nitrogen and oxygen atoms in total. The summed E-state index contributed by atoms with van der Waals surface area (Å²) in [5.74, 6) is 0.0661. The second-order valence-electron chi connectivity index (χ2n) is 9.14. The van der Waals surface area contributed by atoms with Crippen LogP contribution in [0.15, 0.2) is 36.5 Å². The standard InChI is InChI=1S/C25H42O4/c1-24(2,3)23(27)29-21-14-10-6-7-11-16-22-17-15-19-25(22,28)18-12-8-4-5-9-13-20-26/h7,11-12,15,18-19,22,26,28H,4-6,8-10,13-14,16-17,20-21H2,1-3H3/t22-,25-/m1/s1. The van der Waals surface area contributed by atoms with Gasteiger partial charge < -0.3 is 14.9 Å². The Bertz CT molecular complexity index is 542. The van der Waals surface area contributed by atoms with Crippen LogP contribution in [0.5, 0.6) is 0 Å². The van der Waals surface area contributed by atoms with E-state index in [0.717, 1.165) is 64.2 Å². The van der Waals surface area contributed by atoms with Crippen molar-refractivity contribution in [1.29, 1.82) is 0 Å². The summed E-state index contributed by atoms with van der Waals surface area (Å²) in [4.78, 5) is 11.7. The smallest absolute Gasteiger partial charge is 0.311 e. The highest BCUT2D eigenvalue weighted by molar-refractivity contribution is 5.75. The number of carbonyl (C=O) groups is 1. The molecule has 0 heterocycles. The molecule has 0 aliphatic heterocycles. The molecule has 0 unspecified atom stereocenters. The van der Waals surface area contributed by atoms with Gasteiger partial charge in [-0.05, 0) is 72.1 Å². The molecule has 2 N–H and O–H groups in total. The molecule has 2 atom stereocenters. The molecule has 0 aromatic carbocycles. The highest BCUT2D eigenvalue weighted by atomic mass is 16.5. The normalized spacial score (nSPS) is 22.2. The third-order valence-corrected chi connectivity index (χ3v) is 5.32. The van der Waals surface area contributed by atoms with E-state index in [0.29, 0.717) is 6.61 Å². The summed E-state index contributed by atoms with van der Waals surface area (Å²) in [6.07, 6.45) is 22.2. The van der Waals surface area contributed by atoms with Crippen LogP contribution >= 0.6 is 0 Å². The molecule has 1 aliphatic carbocycles. The number of aliphatic hydroxyl groups excluding tert-OH is 1. The van der Waals surface area contributed by atoms with E-state index >= 15 is 0 Å². The van der Waals surface area contributed by atoms with E-state index in [9.17, 15) is 9.90 Å². The van der Waals surface area contributed by atoms with Crippen molar-refractivity contribution in [1.82, 2.24) is 0 Å². The predicted molar refractivity (Wildman–Crippen MR) is 120 cm³/mol. The van der Waals surface area contributed by atoms with Crippen LogP contribution in [-0.2, 0) is 9.53 Å². The Morgan fingerprint density at radius 3 is 2.48 bits per heavy atom. The SMILES string of the molecule is CC(C)(C)C(=O)OCCCCC=CC[C@@H]1CC=C[C@]1(O)C=CCCCCCCO. The Hall–Kier alpha value is -1.39. The topological polar surface area (TPSA) is 66.8 Å². The zero-order chi connectivity index (χ0) is 21.6. The predicted octanol–water partition coefficient (Wildman–Crippen LogP) is 5.50. The molecule has 166 valence electrons. The van der Waals surface area contributed by atoms with Crippen molar-refractivity contribution >= 4 is 5.97 Å². The maximum atomic E-state index is 11.7. The molecule has 1 aliphatic rings. The van der Waals surface area contributed by atoms with Crippen molar-refractivity contribution in [3.05, 3.63) is 36.5 Å². The second kappa shape index (κ2) is 13.8. The molecular weight excluding hydrogens is 364 g/mol. The molecule has 4 heteroatoms. The summed E-state index contributed by atoms with van der Waals surface area (Å²) in [7, 11) is 0. The van der Waals surface area contributed by atoms with Crippen molar-refractivity contribution in [2.75, 3.05) is 13.2 Å². The van der Waals surface area contributed by atoms with Crippen molar-refractivity contribution in [3.63, 3.8) is 0 Å². The Morgan fingerprint density at radius 1 is 1.07 bits per heavy atom. The van der Waals surface area contributed by atoms with E-state index in [1.165, 1.54) is 0 Å². The number of carbonyl (C=O) groups excluding carboxylic acids is 1. The first-order valence-corrected chi connectivity index (χ1v) is 11.3. The van der Waals surface area contributed by atoms with E-state index in [1.807, 2.05) is 32.9 Å². The number of aliphatic hydroxyl groups is 2. The molecule has 0 amide bonds. The zero-order valence-corrected chi connectivity index (χ0v) is 18.7. The van der Waals surface area contributed by atoms with Gasteiger partial charge in [0.15, 0.2) is 0 Å². The number of allylic oxidation sites excluding steroid dienone is 4. The molecule has 0 saturated heterocycles. The third kappa shape index (κ3) is 10.8. The highest BCUT2D eigenvalue weighted by Crippen LogP contribution is 2.34. The number of hydrogen-bond acceptors (Lipinski definition) is 4. The van der Waals surface area contributed by atoms with Crippen LogP contribution in [0.4, 0.5) is 0 Å². The largest absolute Gasteiger partial charge is 0.465 e. The summed E-state index contributed by atoms with van der Waals surface area (Å²) in [5, 5.41) is 19.7. The lowest BCUT2D eigenvalue weighted by atomic mass is 9.87. The van der Waals surface area contributed by atoms with Gasteiger partial charge in [0.05, 0.1) is 12.0 Å². The fourth-order valence-electron chi connectivity index (χ4n) is 3.35. The average Bonchev–Trinajstić information content (AvgIpc) is 3.03. The van der Waals surface area contributed by atoms with E-state index in [-0.39, 0.29) is 18.5 Å². The third-order valence-electron chi connectivity index (χ3n) is 5.32. The Labute approximate surface area is 177 Å². The molecule has 0 radical (unpaired) electrons. The summed E-state index contributed by atoms with van der Waals surface area (Å²) >= 11 is 0. The lowest BCUT2D eigenvalue weighted by molar-refractivity contribution is -0.153. The van der Waals surface area contributed by atoms with Gasteiger partial charge in [0, 0.05) is 12.5 Å². The Balaban J connectivity index is 2.19. The molecule has 29 heavy (non-hydrogen) atoms. The van der Waals surface area contributed by atoms with Gasteiger partial charge in [-0.3, -0.25) is 4.79 Å². The fourth-order valence-corrected chi connectivity index (χ4v) is 3.35. The number of unbranched alkanes of at least 4 members (excludes halogenated alkanes) is 6. The van der Waals surface area contributed by atoms with E-state index in [1.54, 1.807) is 0 Å². The highest BCUT2D eigenvalue weighted by Gasteiger charge is 2.33. The molecule has 0 aromatic rings. The van der Waals surface area contributed by atoms with E-state index < -0.39 is 11.0 Å². The first-order chi connectivity index (χ1) is 13.8. The van der Waals surface area contributed by atoms with E-state index in [4.69, 9.17) is 9.84 Å². The summed E-state index contributed by atoms with van der Waals surface area (Å²) < 4.78 is 5.27. The Morgan fingerprint density at radius 2 is 1.76 bits per heavy atom. The van der Waals surface area contributed by atoms with Crippen LogP contribution in [0, 0.1) is 11.3 Å². The van der Waals surface area contributed by atoms with Crippen molar-refractivity contribution in [2.24, 2.45) is 11.3 Å². The van der Waals surface area contributed by atoms with Gasteiger partial charge in [0.25, 0.3) is 0 Å². The average molecular weight is 407 g/mol. The first kappa shape index (κ1) is 25.6. The maximum absolute atomic E-state index is 11.7. The van der Waals surface area contributed by atoms with Gasteiger partial charge in [-0.15, -0.1) is 0 Å². The number of hydrogen-bond donors (Lipinski definition) is 2. The molecule has 0 fully saturated rings. The van der Waals surface area contributed by atoms with Crippen LogP contribution < -0.4 is 0 Å². The van der Waals surface area contributed by atoms with E-state index in [2.05, 4.69) is 24.3 Å². The molecule has 0 bridgehead atoms. The second-order valence-corrected chi connectivity index (χ2v) is 9.14. The number of esters is 1. The molecule has 0 aromatic heterocycles. The van der Waals surface area contributed by atoms with Crippen LogP contribution in [0.3, 0.4) is 0 Å². The molecular formula is C25H42O4. The minimum Gasteiger partial charge on any atom is -0.465 e. The van der Waals surface area contributed by atoms with Crippen LogP contribution in [0.1, 0.15) is 85.0 Å². The van der Waals surface area contributed by atoms with Gasteiger partial charge in [-0.25, -0.2) is 0 Å². The van der Waals surface area contributed by atoms with Gasteiger partial charge in [-0.1, -0.05) is 49.3 Å². The lowest BCUT2D eigenvalue weighted by Crippen LogP contribution is -2.29. The minimum absolute atomic E-state index is 0.140. The fraction of sp³-hybridized carbons (Fsp3) is 0.720. The van der Waals surface area contributed by atoms with Crippen molar-refractivity contribution in [3.8, 4) is 0 Å². The Kier molecular flexibility index (Phi) is 12.2. The van der Waals surface area contributed by atoms with Crippen molar-refractivity contribution < 1.29 is 19.7 Å². The zero-order valence-electron chi connectivity index (χ0n) is 18.7. The van der Waals surface area contributed by atoms with Gasteiger partial charge >= 0.3 is 5.97 Å². The summed E-state index contributed by atoms with van der Waals surface area (Å²) in [6, 6.07) is 0. The summed E-state index contributed by atoms with van der Waals surface area (Å²) in [5.41, 5.74) is -1.25. The number of rotatable bonds is 14.